The Balaban J connectivity index is 1.38. The zero-order chi connectivity index (χ0) is 27.2. The second kappa shape index (κ2) is 9.81. The summed E-state index contributed by atoms with van der Waals surface area (Å²) < 4.78 is 28.8. The molecule has 0 unspecified atom stereocenters. The number of aliphatic hydroxyl groups excluding tert-OH is 1. The van der Waals surface area contributed by atoms with E-state index in [2.05, 4.69) is 20.3 Å². The number of carbonyl (C=O) groups excluding carboxylic acids is 1. The van der Waals surface area contributed by atoms with Gasteiger partial charge < -0.3 is 20.6 Å². The first-order chi connectivity index (χ1) is 17.9. The molecule has 1 spiro atoms. The Kier molecular flexibility index (Phi) is 6.94. The van der Waals surface area contributed by atoms with Crippen molar-refractivity contribution in [2.24, 2.45) is 5.41 Å². The van der Waals surface area contributed by atoms with Crippen molar-refractivity contribution in [2.45, 2.75) is 81.7 Å². The van der Waals surface area contributed by atoms with E-state index in [9.17, 15) is 18.3 Å². The summed E-state index contributed by atoms with van der Waals surface area (Å²) in [5.74, 6) is 0.840. The summed E-state index contributed by atoms with van der Waals surface area (Å²) in [6.07, 6.45) is 7.37. The molecule has 1 aliphatic heterocycles. The first-order valence-electron chi connectivity index (χ1n) is 13.5. The van der Waals surface area contributed by atoms with Crippen molar-refractivity contribution in [1.29, 1.82) is 0 Å². The Morgan fingerprint density at radius 3 is 2.39 bits per heavy atom. The summed E-state index contributed by atoms with van der Waals surface area (Å²) >= 11 is 0. The molecule has 2 aromatic rings. The van der Waals surface area contributed by atoms with Crippen molar-refractivity contribution in [2.75, 3.05) is 35.2 Å². The fourth-order valence-corrected chi connectivity index (χ4v) is 6.83. The summed E-state index contributed by atoms with van der Waals surface area (Å²) in [6.45, 7) is 7.28. The summed E-state index contributed by atoms with van der Waals surface area (Å²) in [4.78, 5) is 20.6. The number of carbonyl (C=O) groups is 1. The molecule has 1 aromatic heterocycles. The fourth-order valence-electron chi connectivity index (χ4n) is 5.32. The van der Waals surface area contributed by atoms with Crippen LogP contribution in [0.25, 0.3) is 0 Å². The highest BCUT2D eigenvalue weighted by Crippen LogP contribution is 2.54. The van der Waals surface area contributed by atoms with E-state index in [0.29, 0.717) is 28.3 Å². The normalized spacial score (nSPS) is 20.1. The molecule has 1 saturated heterocycles. The molecular weight excluding hydrogens is 502 g/mol. The number of nitrogens with zero attached hydrogens (tertiary/aromatic N) is 2. The van der Waals surface area contributed by atoms with Gasteiger partial charge in [0.05, 0.1) is 22.6 Å². The summed E-state index contributed by atoms with van der Waals surface area (Å²) in [5, 5.41) is 15.8. The zero-order valence-electron chi connectivity index (χ0n) is 22.5. The Labute approximate surface area is 225 Å². The number of hydrogen-bond acceptors (Lipinski definition) is 7. The summed E-state index contributed by atoms with van der Waals surface area (Å²) in [5.41, 5.74) is 0.334. The lowest BCUT2D eigenvalue weighted by Gasteiger charge is -2.38. The molecule has 206 valence electrons. The number of aromatic nitrogens is 1. The molecule has 1 aromatic carbocycles. The molecule has 3 aliphatic rings. The number of benzene rings is 1. The number of anilines is 3. The minimum Gasteiger partial charge on any atom is -0.394 e. The second-order valence-corrected chi connectivity index (χ2v) is 13.9. The maximum atomic E-state index is 13.5. The van der Waals surface area contributed by atoms with Crippen LogP contribution in [-0.2, 0) is 10.0 Å². The van der Waals surface area contributed by atoms with Gasteiger partial charge in [0.15, 0.2) is 0 Å². The molecule has 0 atom stereocenters. The lowest BCUT2D eigenvalue weighted by atomic mass is 9.80. The fraction of sp³-hybridized carbons (Fsp3) is 0.571. The van der Waals surface area contributed by atoms with Crippen molar-refractivity contribution >= 4 is 33.3 Å². The third-order valence-electron chi connectivity index (χ3n) is 8.30. The quantitative estimate of drug-likeness (QED) is 0.377. The SMILES string of the molecule is CC(C)(CO)Nc1ccc(C(=O)Nc2cccc(S(=O)(=O)NC3(C)CCC3)c2)c(N2CCC3(CC2)CC3)n1. The van der Waals surface area contributed by atoms with E-state index in [-0.39, 0.29) is 17.4 Å². The Morgan fingerprint density at radius 2 is 1.79 bits per heavy atom. The molecule has 10 heteroatoms. The molecule has 2 heterocycles. The van der Waals surface area contributed by atoms with Crippen LogP contribution in [0.1, 0.15) is 76.1 Å². The van der Waals surface area contributed by atoms with Crippen molar-refractivity contribution in [1.82, 2.24) is 9.71 Å². The predicted octanol–water partition coefficient (Wildman–Crippen LogP) is 4.12. The maximum absolute atomic E-state index is 13.5. The zero-order valence-corrected chi connectivity index (χ0v) is 23.3. The molecular formula is C28H39N5O4S. The number of aliphatic hydroxyl groups is 1. The van der Waals surface area contributed by atoms with E-state index in [1.807, 2.05) is 20.8 Å². The molecule has 2 aliphatic carbocycles. The first kappa shape index (κ1) is 26.9. The van der Waals surface area contributed by atoms with E-state index in [1.165, 1.54) is 25.0 Å². The van der Waals surface area contributed by atoms with Crippen LogP contribution in [0.15, 0.2) is 41.3 Å². The van der Waals surface area contributed by atoms with Gasteiger partial charge in [-0.05, 0) is 101 Å². The average molecular weight is 542 g/mol. The standard InChI is InChI=1S/C28H39N5O4S/c1-26(2,19-34)31-23-9-8-22(24(30-23)33-16-14-28(12-13-28)15-17-33)25(35)29-20-6-4-7-21(18-20)38(36,37)32-27(3)10-5-11-27/h4,6-9,18,32,34H,5,10-17,19H2,1-3H3,(H,29,35)(H,30,31). The number of pyridine rings is 1. The van der Waals surface area contributed by atoms with Gasteiger partial charge in [-0.2, -0.15) is 0 Å². The Morgan fingerprint density at radius 1 is 1.08 bits per heavy atom. The van der Waals surface area contributed by atoms with Crippen LogP contribution in [-0.4, -0.2) is 55.2 Å². The van der Waals surface area contributed by atoms with Crippen LogP contribution in [0.4, 0.5) is 17.3 Å². The van der Waals surface area contributed by atoms with Crippen molar-refractivity contribution in [3.63, 3.8) is 0 Å². The van der Waals surface area contributed by atoms with E-state index in [4.69, 9.17) is 4.98 Å². The number of amides is 1. The van der Waals surface area contributed by atoms with Crippen LogP contribution >= 0.6 is 0 Å². The van der Waals surface area contributed by atoms with Gasteiger partial charge in [-0.3, -0.25) is 4.79 Å². The maximum Gasteiger partial charge on any atom is 0.259 e. The monoisotopic (exact) mass is 541 g/mol. The minimum absolute atomic E-state index is 0.0637. The number of nitrogens with one attached hydrogen (secondary N) is 3. The molecule has 9 nitrogen and oxygen atoms in total. The van der Waals surface area contributed by atoms with Crippen LogP contribution < -0.4 is 20.3 Å². The molecule has 3 fully saturated rings. The van der Waals surface area contributed by atoms with Gasteiger partial charge in [0.25, 0.3) is 5.91 Å². The Bertz CT molecular complexity index is 1310. The van der Waals surface area contributed by atoms with Crippen LogP contribution in [0.5, 0.6) is 0 Å². The molecule has 0 bridgehead atoms. The lowest BCUT2D eigenvalue weighted by Crippen LogP contribution is -2.50. The second-order valence-electron chi connectivity index (χ2n) is 12.2. The predicted molar refractivity (Wildman–Crippen MR) is 149 cm³/mol. The van der Waals surface area contributed by atoms with Gasteiger partial charge >= 0.3 is 0 Å². The van der Waals surface area contributed by atoms with Crippen molar-refractivity contribution < 1.29 is 18.3 Å². The van der Waals surface area contributed by atoms with Crippen molar-refractivity contribution in [3.05, 3.63) is 42.0 Å². The molecule has 4 N–H and O–H groups in total. The molecule has 2 saturated carbocycles. The molecule has 1 amide bonds. The van der Waals surface area contributed by atoms with Gasteiger partial charge in [0.1, 0.15) is 11.6 Å². The van der Waals surface area contributed by atoms with E-state index >= 15 is 0 Å². The highest BCUT2D eigenvalue weighted by atomic mass is 32.2. The van der Waals surface area contributed by atoms with Crippen LogP contribution in [0, 0.1) is 5.41 Å². The molecule has 5 rings (SSSR count). The van der Waals surface area contributed by atoms with E-state index < -0.39 is 21.1 Å². The van der Waals surface area contributed by atoms with Gasteiger partial charge in [-0.1, -0.05) is 6.07 Å². The van der Waals surface area contributed by atoms with E-state index in [1.54, 1.807) is 24.3 Å². The number of piperidine rings is 1. The first-order valence-corrected chi connectivity index (χ1v) is 15.0. The van der Waals surface area contributed by atoms with Gasteiger partial charge in [0.2, 0.25) is 10.0 Å². The average Bonchev–Trinajstić information content (AvgIpc) is 3.62. The van der Waals surface area contributed by atoms with Gasteiger partial charge in [0, 0.05) is 24.3 Å². The third-order valence-corrected chi connectivity index (χ3v) is 9.94. The smallest absolute Gasteiger partial charge is 0.259 e. The number of rotatable bonds is 9. The highest BCUT2D eigenvalue weighted by molar-refractivity contribution is 7.89. The largest absolute Gasteiger partial charge is 0.394 e. The summed E-state index contributed by atoms with van der Waals surface area (Å²) in [6, 6.07) is 9.84. The van der Waals surface area contributed by atoms with Crippen molar-refractivity contribution in [3.8, 4) is 0 Å². The topological polar surface area (TPSA) is 124 Å². The number of sulfonamides is 1. The minimum atomic E-state index is -3.71. The highest BCUT2D eigenvalue weighted by Gasteiger charge is 2.45. The van der Waals surface area contributed by atoms with Crippen LogP contribution in [0.2, 0.25) is 0 Å². The molecule has 38 heavy (non-hydrogen) atoms. The van der Waals surface area contributed by atoms with Gasteiger partial charge in [-0.25, -0.2) is 18.1 Å². The summed E-state index contributed by atoms with van der Waals surface area (Å²) in [7, 11) is -3.71. The number of hydrogen-bond donors (Lipinski definition) is 4. The Hall–Kier alpha value is -2.69. The molecule has 0 radical (unpaired) electrons. The lowest BCUT2D eigenvalue weighted by molar-refractivity contribution is 0.102. The van der Waals surface area contributed by atoms with E-state index in [0.717, 1.165) is 45.2 Å². The van der Waals surface area contributed by atoms with Crippen LogP contribution in [0.3, 0.4) is 0 Å². The third kappa shape index (κ3) is 5.82. The van der Waals surface area contributed by atoms with Gasteiger partial charge in [-0.15, -0.1) is 0 Å².